The van der Waals surface area contributed by atoms with Crippen molar-refractivity contribution in [2.45, 2.75) is 193 Å². The molecule has 380 valence electrons. The molecular formula is C58H96NO8+. The Morgan fingerprint density at radius 3 is 1.27 bits per heavy atom. The van der Waals surface area contributed by atoms with E-state index in [9.17, 15) is 19.5 Å². The lowest BCUT2D eigenvalue weighted by atomic mass is 10.1. The molecule has 0 rings (SSSR count). The molecule has 2 atom stereocenters. The molecule has 9 nitrogen and oxygen atoms in total. The van der Waals surface area contributed by atoms with Crippen LogP contribution in [0.25, 0.3) is 0 Å². The Balaban J connectivity index is 4.45. The number of esters is 2. The lowest BCUT2D eigenvalue weighted by Crippen LogP contribution is -2.40. The lowest BCUT2D eigenvalue weighted by Gasteiger charge is -2.25. The van der Waals surface area contributed by atoms with E-state index in [2.05, 4.69) is 123 Å². The summed E-state index contributed by atoms with van der Waals surface area (Å²) in [6.45, 7) is 4.66. The highest BCUT2D eigenvalue weighted by atomic mass is 16.7. The number of quaternary nitrogens is 1. The number of allylic oxidation sites excluding steroid dienone is 18. The Hall–Kier alpha value is -4.05. The third-order valence-electron chi connectivity index (χ3n) is 10.5. The van der Waals surface area contributed by atoms with Crippen LogP contribution in [0.1, 0.15) is 181 Å². The summed E-state index contributed by atoms with van der Waals surface area (Å²) in [5, 5.41) is 9.68. The molecule has 0 fully saturated rings. The van der Waals surface area contributed by atoms with E-state index in [-0.39, 0.29) is 38.6 Å². The van der Waals surface area contributed by atoms with E-state index in [4.69, 9.17) is 18.9 Å². The Bertz CT molecular complexity index is 1460. The van der Waals surface area contributed by atoms with Crippen LogP contribution in [0.2, 0.25) is 0 Å². The minimum Gasteiger partial charge on any atom is -0.477 e. The van der Waals surface area contributed by atoms with Crippen molar-refractivity contribution in [1.29, 1.82) is 0 Å². The van der Waals surface area contributed by atoms with Crippen LogP contribution in [0, 0.1) is 0 Å². The number of ether oxygens (including phenoxy) is 4. The van der Waals surface area contributed by atoms with E-state index in [0.29, 0.717) is 17.4 Å². The first kappa shape index (κ1) is 63.0. The van der Waals surface area contributed by atoms with Crippen LogP contribution in [0.15, 0.2) is 109 Å². The van der Waals surface area contributed by atoms with Gasteiger partial charge in [0.1, 0.15) is 13.2 Å². The summed E-state index contributed by atoms with van der Waals surface area (Å²) in [5.74, 6) is -2.07. The van der Waals surface area contributed by atoms with E-state index < -0.39 is 24.3 Å². The predicted molar refractivity (Wildman–Crippen MR) is 281 cm³/mol. The Morgan fingerprint density at radius 1 is 0.463 bits per heavy atom. The van der Waals surface area contributed by atoms with E-state index >= 15 is 0 Å². The molecular weight excluding hydrogens is 839 g/mol. The first-order valence-electron chi connectivity index (χ1n) is 26.1. The summed E-state index contributed by atoms with van der Waals surface area (Å²) in [7, 11) is 5.94. The number of carbonyl (C=O) groups excluding carboxylic acids is 2. The molecule has 0 aliphatic rings. The van der Waals surface area contributed by atoms with E-state index in [1.807, 2.05) is 21.1 Å². The van der Waals surface area contributed by atoms with Crippen molar-refractivity contribution in [2.24, 2.45) is 0 Å². The van der Waals surface area contributed by atoms with Gasteiger partial charge < -0.3 is 28.5 Å². The number of hydrogen-bond acceptors (Lipinski definition) is 7. The fraction of sp³-hybridized carbons (Fsp3) is 0.638. The Kier molecular flexibility index (Phi) is 45.5. The van der Waals surface area contributed by atoms with Gasteiger partial charge in [0.2, 0.25) is 0 Å². The average Bonchev–Trinajstić information content (AvgIpc) is 3.29. The monoisotopic (exact) mass is 935 g/mol. The van der Waals surface area contributed by atoms with Gasteiger partial charge in [-0.3, -0.25) is 9.59 Å². The normalized spacial score (nSPS) is 13.7. The van der Waals surface area contributed by atoms with Crippen molar-refractivity contribution in [1.82, 2.24) is 0 Å². The van der Waals surface area contributed by atoms with Crippen LogP contribution in [0.3, 0.4) is 0 Å². The zero-order chi connectivity index (χ0) is 49.2. The molecule has 0 heterocycles. The molecule has 0 saturated carbocycles. The molecule has 67 heavy (non-hydrogen) atoms. The zero-order valence-corrected chi connectivity index (χ0v) is 43.0. The van der Waals surface area contributed by atoms with Gasteiger partial charge in [0.15, 0.2) is 6.10 Å². The Labute approximate surface area is 409 Å². The van der Waals surface area contributed by atoms with Crippen LogP contribution in [0.4, 0.5) is 0 Å². The van der Waals surface area contributed by atoms with Crippen LogP contribution in [-0.2, 0) is 33.3 Å². The van der Waals surface area contributed by atoms with Gasteiger partial charge in [0, 0.05) is 12.8 Å². The van der Waals surface area contributed by atoms with Crippen molar-refractivity contribution in [3.8, 4) is 0 Å². The Morgan fingerprint density at radius 2 is 0.851 bits per heavy atom. The first-order chi connectivity index (χ1) is 32.6. The number of likely N-dealkylation sites (N-methyl/N-ethyl adjacent to an activating group) is 1. The molecule has 1 N–H and O–H groups in total. The largest absolute Gasteiger partial charge is 0.477 e. The zero-order valence-electron chi connectivity index (χ0n) is 43.0. The van der Waals surface area contributed by atoms with Crippen molar-refractivity contribution in [3.05, 3.63) is 109 Å². The van der Waals surface area contributed by atoms with Crippen molar-refractivity contribution >= 4 is 17.9 Å². The molecule has 0 aromatic heterocycles. The van der Waals surface area contributed by atoms with Gasteiger partial charge >= 0.3 is 17.9 Å². The molecule has 0 aromatic carbocycles. The highest BCUT2D eigenvalue weighted by molar-refractivity contribution is 5.71. The molecule has 0 aliphatic carbocycles. The molecule has 9 heteroatoms. The number of carboxylic acids is 1. The maximum Gasteiger partial charge on any atom is 0.361 e. The van der Waals surface area contributed by atoms with Gasteiger partial charge in [-0.15, -0.1) is 0 Å². The number of rotatable bonds is 46. The summed E-state index contributed by atoms with van der Waals surface area (Å²) in [6.07, 6.45) is 62.9. The van der Waals surface area contributed by atoms with Gasteiger partial charge in [-0.05, 0) is 103 Å². The highest BCUT2D eigenvalue weighted by Gasteiger charge is 2.25. The number of hydrogen-bond donors (Lipinski definition) is 1. The van der Waals surface area contributed by atoms with Crippen LogP contribution < -0.4 is 0 Å². The summed E-state index contributed by atoms with van der Waals surface area (Å²) in [5.41, 5.74) is 0. The number of unbranched alkanes of at least 4 members (excludes halogenated alkanes) is 13. The topological polar surface area (TPSA) is 108 Å². The summed E-state index contributed by atoms with van der Waals surface area (Å²) < 4.78 is 22.8. The number of aliphatic carboxylic acids is 1. The minimum absolute atomic E-state index is 0.173. The van der Waals surface area contributed by atoms with Gasteiger partial charge in [-0.1, -0.05) is 175 Å². The minimum atomic E-state index is -1.53. The third-order valence-corrected chi connectivity index (χ3v) is 10.5. The lowest BCUT2D eigenvalue weighted by molar-refractivity contribution is -0.870. The standard InChI is InChI=1S/C58H95NO8/c1-6-8-10-12-14-16-18-20-22-24-26-27-28-29-31-33-35-37-39-41-43-45-47-49-56(61)67-54(53-66-58(57(62)63)64-51-50-59(3,4)5)52-65-55(60)48-46-44-42-40-38-36-34-32-30-25-23-21-19-17-15-13-11-9-7-2/h8,10,14-17,20-23,26-27,29-32,35,37,54,58H,6-7,9,11-13,18-19,24-25,28,33-34,36,38-53H2,1-5H3/p+1/b10-8-,16-14-,17-15-,22-20-,23-21-,27-26-,31-29-,32-30-,37-35-. The SMILES string of the molecule is CC/C=C\C/C=C\C/C=C\C/C=C\C/C=C\C/C=C\CCCCCCC(=O)OC(COC(=O)CCCCCCCC/C=C\C/C=C\C/C=C\CCCCC)COC(OCC[N+](C)(C)C)C(=O)O. The quantitative estimate of drug-likeness (QED) is 0.0211. The maximum atomic E-state index is 12.8. The van der Waals surface area contributed by atoms with Crippen molar-refractivity contribution in [2.75, 3.05) is 47.5 Å². The van der Waals surface area contributed by atoms with Gasteiger partial charge in [-0.25, -0.2) is 4.79 Å². The van der Waals surface area contributed by atoms with Crippen molar-refractivity contribution < 1.29 is 42.9 Å². The summed E-state index contributed by atoms with van der Waals surface area (Å²) in [4.78, 5) is 37.3. The van der Waals surface area contributed by atoms with Crippen molar-refractivity contribution in [3.63, 3.8) is 0 Å². The molecule has 0 saturated heterocycles. The second-order valence-electron chi connectivity index (χ2n) is 18.1. The number of nitrogens with zero attached hydrogens (tertiary/aromatic N) is 1. The smallest absolute Gasteiger partial charge is 0.361 e. The molecule has 0 radical (unpaired) electrons. The summed E-state index contributed by atoms with van der Waals surface area (Å²) in [6, 6.07) is 0. The predicted octanol–water partition coefficient (Wildman–Crippen LogP) is 14.8. The molecule has 0 amide bonds. The van der Waals surface area contributed by atoms with Gasteiger partial charge in [0.05, 0.1) is 34.4 Å². The molecule has 0 aromatic rings. The van der Waals surface area contributed by atoms with E-state index in [0.717, 1.165) is 109 Å². The fourth-order valence-corrected chi connectivity index (χ4v) is 6.49. The highest BCUT2D eigenvalue weighted by Crippen LogP contribution is 2.12. The molecule has 2 unspecified atom stereocenters. The number of carbonyl (C=O) groups is 3. The number of carboxylic acid groups (broad SMARTS) is 1. The molecule has 0 aliphatic heterocycles. The maximum absolute atomic E-state index is 12.8. The van der Waals surface area contributed by atoms with Crippen LogP contribution in [-0.4, -0.2) is 87.4 Å². The van der Waals surface area contributed by atoms with Crippen LogP contribution >= 0.6 is 0 Å². The summed E-state index contributed by atoms with van der Waals surface area (Å²) >= 11 is 0. The van der Waals surface area contributed by atoms with Gasteiger partial charge in [-0.2, -0.15) is 0 Å². The van der Waals surface area contributed by atoms with E-state index in [1.54, 1.807) is 0 Å². The second-order valence-corrected chi connectivity index (χ2v) is 18.1. The molecule has 0 bridgehead atoms. The average molecular weight is 935 g/mol. The molecule has 0 spiro atoms. The first-order valence-corrected chi connectivity index (χ1v) is 26.1. The van der Waals surface area contributed by atoms with Crippen LogP contribution in [0.5, 0.6) is 0 Å². The van der Waals surface area contributed by atoms with Gasteiger partial charge in [0.25, 0.3) is 6.29 Å². The van der Waals surface area contributed by atoms with E-state index in [1.165, 1.54) is 38.5 Å². The fourth-order valence-electron chi connectivity index (χ4n) is 6.49. The second kappa shape index (κ2) is 48.4. The third kappa shape index (κ3) is 49.7.